The van der Waals surface area contributed by atoms with Gasteiger partial charge in [-0.2, -0.15) is 0 Å². The fraction of sp³-hybridized carbons (Fsp3) is 0.125. The summed E-state index contributed by atoms with van der Waals surface area (Å²) in [7, 11) is 0. The van der Waals surface area contributed by atoms with Gasteiger partial charge in [-0.15, -0.1) is 0 Å². The highest BCUT2D eigenvalue weighted by Crippen LogP contribution is 2.18. The summed E-state index contributed by atoms with van der Waals surface area (Å²) in [6.45, 7) is 1.57. The highest BCUT2D eigenvalue weighted by atomic mass is 79.9. The molecule has 0 saturated carbocycles. The van der Waals surface area contributed by atoms with Gasteiger partial charge in [0.1, 0.15) is 6.61 Å². The molecule has 0 atom stereocenters. The van der Waals surface area contributed by atoms with Gasteiger partial charge in [-0.3, -0.25) is 4.79 Å². The lowest BCUT2D eigenvalue weighted by atomic mass is 10.1. The molecule has 21 heavy (non-hydrogen) atoms. The maximum Gasteiger partial charge on any atom is 0.340 e. The van der Waals surface area contributed by atoms with Gasteiger partial charge in [-0.25, -0.2) is 4.79 Å². The molecule has 0 aromatic heterocycles. The number of benzene rings is 2. The minimum absolute atomic E-state index is 0.173. The molecule has 2 aromatic rings. The highest BCUT2D eigenvalue weighted by Gasteiger charge is 2.13. The Morgan fingerprint density at radius 1 is 1.14 bits per heavy atom. The first-order valence-corrected chi connectivity index (χ1v) is 7.14. The molecule has 1 amide bonds. The molecule has 0 bridgehead atoms. The van der Waals surface area contributed by atoms with E-state index in [0.29, 0.717) is 11.3 Å². The molecule has 0 fully saturated rings. The van der Waals surface area contributed by atoms with Crippen LogP contribution in [-0.4, -0.2) is 11.9 Å². The number of halogens is 1. The van der Waals surface area contributed by atoms with E-state index in [1.807, 2.05) is 24.3 Å². The lowest BCUT2D eigenvalue weighted by molar-refractivity contribution is -0.114. The number of ether oxygens (including phenoxy) is 1. The summed E-state index contributed by atoms with van der Waals surface area (Å²) >= 11 is 3.36. The lowest BCUT2D eigenvalue weighted by Crippen LogP contribution is -2.12. The van der Waals surface area contributed by atoms with Crippen LogP contribution in [0.5, 0.6) is 0 Å². The fourth-order valence-corrected chi connectivity index (χ4v) is 2.26. The van der Waals surface area contributed by atoms with Gasteiger partial charge >= 0.3 is 5.97 Å². The Kier molecular flexibility index (Phi) is 5.11. The Labute approximate surface area is 131 Å². The average Bonchev–Trinajstić information content (AvgIpc) is 2.45. The van der Waals surface area contributed by atoms with E-state index in [0.717, 1.165) is 10.0 Å². The van der Waals surface area contributed by atoms with Gasteiger partial charge in [0.25, 0.3) is 0 Å². The van der Waals surface area contributed by atoms with Crippen LogP contribution in [0.3, 0.4) is 0 Å². The highest BCUT2D eigenvalue weighted by molar-refractivity contribution is 9.10. The van der Waals surface area contributed by atoms with Crippen LogP contribution in [0.4, 0.5) is 5.69 Å². The third-order valence-corrected chi connectivity index (χ3v) is 3.21. The van der Waals surface area contributed by atoms with Crippen molar-refractivity contribution < 1.29 is 14.3 Å². The second-order valence-corrected chi connectivity index (χ2v) is 5.35. The molecule has 0 heterocycles. The molecule has 0 saturated heterocycles. The number of para-hydroxylation sites is 1. The van der Waals surface area contributed by atoms with Gasteiger partial charge in [0.05, 0.1) is 11.3 Å². The summed E-state index contributed by atoms with van der Waals surface area (Å²) in [5.41, 5.74) is 1.67. The quantitative estimate of drug-likeness (QED) is 0.856. The van der Waals surface area contributed by atoms with Gasteiger partial charge in [-0.1, -0.05) is 40.2 Å². The Balaban J connectivity index is 2.08. The molecule has 4 nitrogen and oxygen atoms in total. The predicted molar refractivity (Wildman–Crippen MR) is 84.0 cm³/mol. The molecule has 0 aliphatic heterocycles. The smallest absolute Gasteiger partial charge is 0.340 e. The number of esters is 1. The number of rotatable bonds is 4. The van der Waals surface area contributed by atoms with Gasteiger partial charge < -0.3 is 10.1 Å². The molecular formula is C16H14BrNO3. The standard InChI is InChI=1S/C16H14BrNO3/c1-11(19)18-15-8-3-2-7-14(15)16(20)21-10-12-5-4-6-13(17)9-12/h2-9H,10H2,1H3,(H,18,19). The van der Waals surface area contributed by atoms with E-state index in [1.54, 1.807) is 24.3 Å². The Bertz CT molecular complexity index is 670. The first kappa shape index (κ1) is 15.3. The van der Waals surface area contributed by atoms with Crippen LogP contribution in [0.15, 0.2) is 53.0 Å². The van der Waals surface area contributed by atoms with Crippen molar-refractivity contribution in [3.63, 3.8) is 0 Å². The number of hydrogen-bond acceptors (Lipinski definition) is 3. The normalized spacial score (nSPS) is 10.0. The minimum Gasteiger partial charge on any atom is -0.457 e. The summed E-state index contributed by atoms with van der Waals surface area (Å²) in [4.78, 5) is 23.3. The van der Waals surface area contributed by atoms with Crippen molar-refractivity contribution in [1.29, 1.82) is 0 Å². The van der Waals surface area contributed by atoms with Crippen molar-refractivity contribution in [3.05, 3.63) is 64.1 Å². The third kappa shape index (κ3) is 4.43. The van der Waals surface area contributed by atoms with Gasteiger partial charge in [-0.05, 0) is 29.8 Å². The van der Waals surface area contributed by atoms with Crippen molar-refractivity contribution in [2.45, 2.75) is 13.5 Å². The first-order valence-electron chi connectivity index (χ1n) is 6.34. The zero-order valence-electron chi connectivity index (χ0n) is 11.4. The second kappa shape index (κ2) is 7.04. The number of amides is 1. The molecule has 2 rings (SSSR count). The SMILES string of the molecule is CC(=O)Nc1ccccc1C(=O)OCc1cccc(Br)c1. The maximum atomic E-state index is 12.1. The number of carbonyl (C=O) groups excluding carboxylic acids is 2. The molecule has 5 heteroatoms. The fourth-order valence-electron chi connectivity index (χ4n) is 1.81. The van der Waals surface area contributed by atoms with Gasteiger partial charge in [0.2, 0.25) is 5.91 Å². The Hall–Kier alpha value is -2.14. The van der Waals surface area contributed by atoms with E-state index in [-0.39, 0.29) is 12.5 Å². The molecule has 1 N–H and O–H groups in total. The van der Waals surface area contributed by atoms with Crippen molar-refractivity contribution in [2.24, 2.45) is 0 Å². The summed E-state index contributed by atoms with van der Waals surface area (Å²) < 4.78 is 6.21. The average molecular weight is 348 g/mol. The number of hydrogen-bond donors (Lipinski definition) is 1. The molecule has 0 aliphatic rings. The van der Waals surface area contributed by atoms with E-state index in [9.17, 15) is 9.59 Å². The molecule has 0 aliphatic carbocycles. The molecular weight excluding hydrogens is 334 g/mol. The van der Waals surface area contributed by atoms with Crippen molar-refractivity contribution in [2.75, 3.05) is 5.32 Å². The summed E-state index contributed by atoms with van der Waals surface area (Å²) in [5, 5.41) is 2.61. The van der Waals surface area contributed by atoms with Crippen LogP contribution in [-0.2, 0) is 16.1 Å². The maximum absolute atomic E-state index is 12.1. The van der Waals surface area contributed by atoms with E-state index >= 15 is 0 Å². The third-order valence-electron chi connectivity index (χ3n) is 2.72. The molecule has 2 aromatic carbocycles. The predicted octanol–water partition coefficient (Wildman–Crippen LogP) is 3.76. The molecule has 0 radical (unpaired) electrons. The van der Waals surface area contributed by atoms with E-state index in [2.05, 4.69) is 21.2 Å². The van der Waals surface area contributed by atoms with Gasteiger partial charge in [0, 0.05) is 11.4 Å². The van der Waals surface area contributed by atoms with Crippen molar-refractivity contribution >= 4 is 33.5 Å². The van der Waals surface area contributed by atoms with Crippen LogP contribution >= 0.6 is 15.9 Å². The first-order chi connectivity index (χ1) is 10.1. The summed E-state index contributed by atoms with van der Waals surface area (Å²) in [6.07, 6.45) is 0. The number of anilines is 1. The number of carbonyl (C=O) groups is 2. The minimum atomic E-state index is -0.473. The molecule has 108 valence electrons. The lowest BCUT2D eigenvalue weighted by Gasteiger charge is -2.10. The summed E-state index contributed by atoms with van der Waals surface area (Å²) in [6, 6.07) is 14.3. The van der Waals surface area contributed by atoms with Crippen molar-refractivity contribution in [3.8, 4) is 0 Å². The van der Waals surface area contributed by atoms with Crippen LogP contribution in [0.2, 0.25) is 0 Å². The largest absolute Gasteiger partial charge is 0.457 e. The summed E-state index contributed by atoms with van der Waals surface area (Å²) in [5.74, 6) is -0.707. The Morgan fingerprint density at radius 3 is 2.62 bits per heavy atom. The monoisotopic (exact) mass is 347 g/mol. The van der Waals surface area contributed by atoms with Crippen LogP contribution in [0.25, 0.3) is 0 Å². The number of nitrogens with one attached hydrogen (secondary N) is 1. The van der Waals surface area contributed by atoms with E-state index in [4.69, 9.17) is 4.74 Å². The van der Waals surface area contributed by atoms with Crippen LogP contribution < -0.4 is 5.32 Å². The molecule has 0 spiro atoms. The van der Waals surface area contributed by atoms with E-state index in [1.165, 1.54) is 6.92 Å². The zero-order valence-corrected chi connectivity index (χ0v) is 13.0. The van der Waals surface area contributed by atoms with Gasteiger partial charge in [0.15, 0.2) is 0 Å². The van der Waals surface area contributed by atoms with Crippen LogP contribution in [0.1, 0.15) is 22.8 Å². The van der Waals surface area contributed by atoms with Crippen molar-refractivity contribution in [1.82, 2.24) is 0 Å². The van der Waals surface area contributed by atoms with E-state index < -0.39 is 5.97 Å². The second-order valence-electron chi connectivity index (χ2n) is 4.43. The topological polar surface area (TPSA) is 55.4 Å². The molecule has 0 unspecified atom stereocenters. The zero-order chi connectivity index (χ0) is 15.2. The Morgan fingerprint density at radius 2 is 1.90 bits per heavy atom. The van der Waals surface area contributed by atoms with Crippen LogP contribution in [0, 0.1) is 0 Å².